The first-order chi connectivity index (χ1) is 17.0. The molecule has 2 aromatic rings. The number of hydrogen-bond donors (Lipinski definition) is 1. The van der Waals surface area contributed by atoms with Crippen molar-refractivity contribution >= 4 is 17.9 Å². The lowest BCUT2D eigenvalue weighted by Crippen LogP contribution is -2.29. The number of carboxylic acid groups (broad SMARTS) is 1. The van der Waals surface area contributed by atoms with Gasteiger partial charge in [-0.3, -0.25) is 0 Å². The number of carbonyl (C=O) groups is 3. The number of aliphatic carboxylic acids is 1. The Morgan fingerprint density at radius 3 is 2.37 bits per heavy atom. The van der Waals surface area contributed by atoms with E-state index in [0.29, 0.717) is 6.42 Å². The molecular formula is C22H27N3O10. The molecule has 0 bridgehead atoms. The van der Waals surface area contributed by atoms with Crippen molar-refractivity contribution in [2.75, 3.05) is 20.7 Å². The topological polar surface area (TPSA) is 169 Å². The molecule has 35 heavy (non-hydrogen) atoms. The van der Waals surface area contributed by atoms with Crippen molar-refractivity contribution in [1.82, 2.24) is 15.0 Å². The summed E-state index contributed by atoms with van der Waals surface area (Å²) in [5, 5.41) is 9.39. The third kappa shape index (κ3) is 7.80. The molecule has 1 aliphatic carbocycles. The molecule has 0 amide bonds. The van der Waals surface area contributed by atoms with Crippen molar-refractivity contribution in [3.63, 3.8) is 0 Å². The van der Waals surface area contributed by atoms with Gasteiger partial charge in [0, 0.05) is 13.3 Å². The molecule has 0 saturated heterocycles. The Morgan fingerprint density at radius 1 is 1.06 bits per heavy atom. The van der Waals surface area contributed by atoms with Crippen LogP contribution >= 0.6 is 0 Å². The number of carbonyl (C=O) groups excluding carboxylic acids is 2. The number of esters is 2. The van der Waals surface area contributed by atoms with E-state index in [9.17, 15) is 19.5 Å². The Kier molecular flexibility index (Phi) is 10.1. The summed E-state index contributed by atoms with van der Waals surface area (Å²) < 4.78 is 30.8. The lowest BCUT2D eigenvalue weighted by Gasteiger charge is -2.19. The molecule has 1 fully saturated rings. The average molecular weight is 493 g/mol. The zero-order valence-electron chi connectivity index (χ0n) is 19.1. The van der Waals surface area contributed by atoms with Crippen molar-refractivity contribution in [3.05, 3.63) is 42.6 Å². The molecule has 0 radical (unpaired) electrons. The first-order valence-electron chi connectivity index (χ1n) is 11.0. The van der Waals surface area contributed by atoms with Crippen LogP contribution in [-0.4, -0.2) is 64.8 Å². The first kappa shape index (κ1) is 26.2. The van der Waals surface area contributed by atoms with E-state index in [4.69, 9.17) is 28.1 Å². The molecule has 0 spiro atoms. The fraction of sp³-hybridized carbons (Fsp3) is 0.545. The van der Waals surface area contributed by atoms with E-state index in [1.54, 1.807) is 0 Å². The zero-order chi connectivity index (χ0) is 25.0. The van der Waals surface area contributed by atoms with E-state index in [1.165, 1.54) is 25.7 Å². The summed E-state index contributed by atoms with van der Waals surface area (Å²) >= 11 is 0. The highest BCUT2D eigenvalue weighted by atomic mass is 16.7. The molecule has 2 aromatic heterocycles. The Morgan fingerprint density at radius 2 is 1.77 bits per heavy atom. The van der Waals surface area contributed by atoms with Crippen molar-refractivity contribution in [2.45, 2.75) is 50.4 Å². The van der Waals surface area contributed by atoms with Gasteiger partial charge in [0.25, 0.3) is 0 Å². The van der Waals surface area contributed by atoms with Crippen LogP contribution in [0.2, 0.25) is 0 Å². The summed E-state index contributed by atoms with van der Waals surface area (Å²) in [5.74, 6) is -2.59. The molecule has 1 saturated carbocycles. The Hall–Kier alpha value is -3.42. The molecule has 3 atom stereocenters. The van der Waals surface area contributed by atoms with Crippen LogP contribution in [0.3, 0.4) is 0 Å². The maximum atomic E-state index is 12.6. The summed E-state index contributed by atoms with van der Waals surface area (Å²) in [5.41, 5.74) is 0.341. The largest absolute Gasteiger partial charge is 0.479 e. The highest BCUT2D eigenvalue weighted by molar-refractivity contribution is 5.77. The molecule has 3 rings (SSSR count). The summed E-state index contributed by atoms with van der Waals surface area (Å²) in [4.78, 5) is 48.0. The number of hydrogen-bond acceptors (Lipinski definition) is 12. The smallest absolute Gasteiger partial charge is 0.343 e. The van der Waals surface area contributed by atoms with Crippen LogP contribution in [0.25, 0.3) is 0 Å². The van der Waals surface area contributed by atoms with Crippen molar-refractivity contribution in [2.24, 2.45) is 5.92 Å². The van der Waals surface area contributed by atoms with E-state index >= 15 is 0 Å². The fourth-order valence-corrected chi connectivity index (χ4v) is 3.69. The molecule has 1 N–H and O–H groups in total. The molecule has 2 heterocycles. The van der Waals surface area contributed by atoms with Gasteiger partial charge in [-0.05, 0) is 18.4 Å². The van der Waals surface area contributed by atoms with E-state index in [-0.39, 0.29) is 17.3 Å². The number of aromatic nitrogens is 3. The second-order valence-corrected chi connectivity index (χ2v) is 7.75. The van der Waals surface area contributed by atoms with Crippen LogP contribution in [-0.2, 0) is 38.1 Å². The van der Waals surface area contributed by atoms with Gasteiger partial charge in [-0.2, -0.15) is 0 Å². The quantitative estimate of drug-likeness (QED) is 0.299. The van der Waals surface area contributed by atoms with Crippen LogP contribution < -0.4 is 0 Å². The highest BCUT2D eigenvalue weighted by Crippen LogP contribution is 2.29. The Bertz CT molecular complexity index is 934. The molecule has 0 aromatic carbocycles. The second kappa shape index (κ2) is 13.5. The van der Waals surface area contributed by atoms with Crippen molar-refractivity contribution in [1.29, 1.82) is 0 Å². The van der Waals surface area contributed by atoms with Gasteiger partial charge in [0.2, 0.25) is 6.10 Å². The van der Waals surface area contributed by atoms with E-state index < -0.39 is 49.8 Å². The maximum absolute atomic E-state index is 12.6. The summed E-state index contributed by atoms with van der Waals surface area (Å²) in [7, 11) is 1.31. The van der Waals surface area contributed by atoms with Gasteiger partial charge in [0.15, 0.2) is 32.2 Å². The van der Waals surface area contributed by atoms with Gasteiger partial charge >= 0.3 is 17.9 Å². The van der Waals surface area contributed by atoms with Crippen LogP contribution in [0.1, 0.15) is 55.7 Å². The molecule has 190 valence electrons. The monoisotopic (exact) mass is 493 g/mol. The summed E-state index contributed by atoms with van der Waals surface area (Å²) in [6.45, 7) is -1.24. The lowest BCUT2D eigenvalue weighted by atomic mass is 10.0. The van der Waals surface area contributed by atoms with Crippen molar-refractivity contribution in [3.8, 4) is 0 Å². The maximum Gasteiger partial charge on any atom is 0.343 e. The van der Waals surface area contributed by atoms with Gasteiger partial charge in [-0.15, -0.1) is 0 Å². The third-order valence-corrected chi connectivity index (χ3v) is 5.46. The number of nitrogens with zero attached hydrogens (tertiary/aromatic N) is 3. The van der Waals surface area contributed by atoms with E-state index in [1.807, 2.05) is 0 Å². The number of carboxylic acids is 1. The van der Waals surface area contributed by atoms with Gasteiger partial charge in [-0.25, -0.2) is 29.3 Å². The van der Waals surface area contributed by atoms with Crippen molar-refractivity contribution < 1.29 is 47.6 Å². The van der Waals surface area contributed by atoms with Crippen LogP contribution in [0.5, 0.6) is 0 Å². The highest BCUT2D eigenvalue weighted by Gasteiger charge is 2.30. The van der Waals surface area contributed by atoms with E-state index in [0.717, 1.165) is 38.3 Å². The number of methoxy groups -OCH3 is 1. The molecule has 13 nitrogen and oxygen atoms in total. The Balaban J connectivity index is 1.51. The third-order valence-electron chi connectivity index (χ3n) is 5.46. The van der Waals surface area contributed by atoms with Crippen LogP contribution in [0.15, 0.2) is 35.7 Å². The van der Waals surface area contributed by atoms with Gasteiger partial charge < -0.3 is 33.2 Å². The number of rotatable bonds is 14. The van der Waals surface area contributed by atoms with Gasteiger partial charge in [-0.1, -0.05) is 25.7 Å². The van der Waals surface area contributed by atoms with Gasteiger partial charge in [0.05, 0.1) is 5.69 Å². The molecule has 0 aliphatic heterocycles. The second-order valence-electron chi connectivity index (χ2n) is 7.75. The lowest BCUT2D eigenvalue weighted by molar-refractivity contribution is -0.193. The normalized spacial score (nSPS) is 16.4. The van der Waals surface area contributed by atoms with E-state index in [2.05, 4.69) is 15.0 Å². The SMILES string of the molecule is CO[C@H](C(=O)OCO[C@@H](C(=O)OCO[C@@H](CC1CCCC1)C(=O)O)c1cocn1)c1ccncn1. The van der Waals surface area contributed by atoms with Gasteiger partial charge in [0.1, 0.15) is 18.3 Å². The minimum Gasteiger partial charge on any atom is -0.479 e. The molecular weight excluding hydrogens is 466 g/mol. The molecule has 13 heteroatoms. The summed E-state index contributed by atoms with van der Waals surface area (Å²) in [6.07, 6.45) is 5.70. The predicted octanol–water partition coefficient (Wildman–Crippen LogP) is 1.96. The van der Waals surface area contributed by atoms with Crippen LogP contribution in [0, 0.1) is 5.92 Å². The summed E-state index contributed by atoms with van der Waals surface area (Å²) in [6, 6.07) is 1.49. The fourth-order valence-electron chi connectivity index (χ4n) is 3.69. The van der Waals surface area contributed by atoms with Crippen LogP contribution in [0.4, 0.5) is 0 Å². The minimum atomic E-state index is -1.41. The minimum absolute atomic E-state index is 0.0610. The Labute approximate surface area is 200 Å². The zero-order valence-corrected chi connectivity index (χ0v) is 19.1. The predicted molar refractivity (Wildman–Crippen MR) is 113 cm³/mol. The molecule has 1 aliphatic rings. The number of oxazole rings is 1. The number of ether oxygens (including phenoxy) is 5. The average Bonchev–Trinajstić information content (AvgIpc) is 3.57. The first-order valence-corrected chi connectivity index (χ1v) is 11.0. The standard InChI is InChI=1S/C22H27N3O10/c1-30-18(15-6-7-23-10-24-15)21(28)35-13-33-19(16-9-31-11-25-16)22(29)34-12-32-17(20(26)27)8-14-4-2-3-5-14/h6-7,9-11,14,17-19H,2-5,8,12-13H2,1H3,(H,26,27)/t17-,18-,19+/m0/s1. The molecule has 0 unspecified atom stereocenters.